The molecule has 3 N–H and O–H groups in total. The van der Waals surface area contributed by atoms with E-state index in [9.17, 15) is 9.18 Å². The van der Waals surface area contributed by atoms with Crippen LogP contribution in [0.4, 0.5) is 10.1 Å². The minimum Gasteiger partial charge on any atom is -0.399 e. The van der Waals surface area contributed by atoms with Crippen molar-refractivity contribution in [1.29, 1.82) is 0 Å². The topological polar surface area (TPSA) is 60.1 Å². The molecule has 0 aliphatic carbocycles. The maximum atomic E-state index is 13.6. The molecule has 28 heavy (non-hydrogen) atoms. The van der Waals surface area contributed by atoms with Crippen LogP contribution in [0.25, 0.3) is 10.9 Å². The van der Waals surface area contributed by atoms with Crippen LogP contribution >= 0.6 is 0 Å². The molecule has 0 aliphatic rings. The Labute approximate surface area is 162 Å². The van der Waals surface area contributed by atoms with Crippen LogP contribution in [-0.2, 0) is 13.1 Å². The van der Waals surface area contributed by atoms with Gasteiger partial charge in [0.1, 0.15) is 11.5 Å². The van der Waals surface area contributed by atoms with E-state index >= 15 is 0 Å². The molecule has 0 aliphatic heterocycles. The first kappa shape index (κ1) is 17.8. The van der Waals surface area contributed by atoms with E-state index in [1.807, 2.05) is 59.2 Å². The summed E-state index contributed by atoms with van der Waals surface area (Å²) in [5.74, 6) is -0.483. The Hall–Kier alpha value is -3.60. The summed E-state index contributed by atoms with van der Waals surface area (Å²) in [6.45, 7) is 0.822. The van der Waals surface area contributed by atoms with Crippen molar-refractivity contribution in [1.82, 2.24) is 9.88 Å². The summed E-state index contributed by atoms with van der Waals surface area (Å²) in [4.78, 5) is 12.9. The lowest BCUT2D eigenvalue weighted by Gasteiger charge is -2.12. The molecule has 0 radical (unpaired) electrons. The number of nitrogen functional groups attached to an aromatic ring is 1. The number of carbonyl (C=O) groups is 1. The third-order valence-corrected chi connectivity index (χ3v) is 4.68. The summed E-state index contributed by atoms with van der Waals surface area (Å²) in [6.07, 6.45) is 0. The second-order valence-corrected chi connectivity index (χ2v) is 6.73. The number of rotatable bonds is 5. The van der Waals surface area contributed by atoms with Crippen molar-refractivity contribution in [3.8, 4) is 0 Å². The molecule has 1 aromatic heterocycles. The van der Waals surface area contributed by atoms with Crippen molar-refractivity contribution in [2.24, 2.45) is 0 Å². The molecule has 0 unspecified atom stereocenters. The van der Waals surface area contributed by atoms with Crippen LogP contribution in [0, 0.1) is 5.82 Å². The third kappa shape index (κ3) is 3.74. The molecule has 0 saturated heterocycles. The number of hydrogen-bond donors (Lipinski definition) is 2. The highest BCUT2D eigenvalue weighted by atomic mass is 19.1. The molecule has 0 spiro atoms. The first-order valence-corrected chi connectivity index (χ1v) is 9.05. The van der Waals surface area contributed by atoms with Gasteiger partial charge in [0.25, 0.3) is 5.91 Å². The van der Waals surface area contributed by atoms with Crippen molar-refractivity contribution in [3.05, 3.63) is 102 Å². The molecule has 4 aromatic rings. The number of nitrogens with two attached hydrogens (primary N) is 1. The van der Waals surface area contributed by atoms with Gasteiger partial charge in [-0.25, -0.2) is 4.39 Å². The van der Waals surface area contributed by atoms with Crippen LogP contribution in [0.5, 0.6) is 0 Å². The van der Waals surface area contributed by atoms with Crippen LogP contribution in [0.2, 0.25) is 0 Å². The lowest BCUT2D eigenvalue weighted by Crippen LogP contribution is -2.25. The molecule has 4 nitrogen and oxygen atoms in total. The second-order valence-electron chi connectivity index (χ2n) is 6.73. The summed E-state index contributed by atoms with van der Waals surface area (Å²) in [5, 5.41) is 3.84. The predicted molar refractivity (Wildman–Crippen MR) is 109 cm³/mol. The zero-order valence-electron chi connectivity index (χ0n) is 15.2. The molecule has 0 atom stereocenters. The molecule has 1 heterocycles. The molecular weight excluding hydrogens is 353 g/mol. The van der Waals surface area contributed by atoms with Crippen LogP contribution in [0.15, 0.2) is 78.9 Å². The molecule has 3 aromatic carbocycles. The lowest BCUT2D eigenvalue weighted by molar-refractivity contribution is 0.0942. The Morgan fingerprint density at radius 3 is 2.50 bits per heavy atom. The predicted octanol–water partition coefficient (Wildman–Crippen LogP) is 4.34. The number of hydrogen-bond acceptors (Lipinski definition) is 2. The molecule has 0 bridgehead atoms. The van der Waals surface area contributed by atoms with Crippen LogP contribution in [-0.4, -0.2) is 10.5 Å². The number of carbonyl (C=O) groups excluding carboxylic acids is 1. The van der Waals surface area contributed by atoms with E-state index in [4.69, 9.17) is 5.73 Å². The maximum Gasteiger partial charge on any atom is 0.268 e. The van der Waals surface area contributed by atoms with Crippen LogP contribution in [0.1, 0.15) is 21.6 Å². The minimum absolute atomic E-state index is 0.185. The van der Waals surface area contributed by atoms with E-state index in [0.29, 0.717) is 24.5 Å². The highest BCUT2D eigenvalue weighted by molar-refractivity contribution is 5.99. The highest BCUT2D eigenvalue weighted by Gasteiger charge is 2.16. The summed E-state index contributed by atoms with van der Waals surface area (Å²) in [5.41, 5.74) is 9.74. The van der Waals surface area contributed by atoms with Gasteiger partial charge in [-0.05, 0) is 47.5 Å². The number of halogens is 1. The van der Waals surface area contributed by atoms with Crippen molar-refractivity contribution in [2.75, 3.05) is 5.73 Å². The van der Waals surface area contributed by atoms with Gasteiger partial charge >= 0.3 is 0 Å². The monoisotopic (exact) mass is 373 g/mol. The highest BCUT2D eigenvalue weighted by Crippen LogP contribution is 2.24. The summed E-state index contributed by atoms with van der Waals surface area (Å²) < 4.78 is 15.5. The minimum atomic E-state index is -0.298. The number of nitrogens with zero attached hydrogens (tertiary/aromatic N) is 1. The fourth-order valence-electron chi connectivity index (χ4n) is 3.33. The van der Waals surface area contributed by atoms with Crippen molar-refractivity contribution < 1.29 is 9.18 Å². The number of aromatic nitrogens is 1. The third-order valence-electron chi connectivity index (χ3n) is 4.68. The average Bonchev–Trinajstić information content (AvgIpc) is 3.04. The van der Waals surface area contributed by atoms with E-state index in [1.165, 1.54) is 12.1 Å². The largest absolute Gasteiger partial charge is 0.399 e. The van der Waals surface area contributed by atoms with E-state index < -0.39 is 0 Å². The number of anilines is 1. The summed E-state index contributed by atoms with van der Waals surface area (Å²) >= 11 is 0. The quantitative estimate of drug-likeness (QED) is 0.511. The molecule has 4 rings (SSSR count). The standard InChI is InChI=1S/C23H20FN3O/c24-19-8-4-7-17(11-19)15-27-21-10-9-20(25)12-18(21)13-22(27)23(28)26-14-16-5-2-1-3-6-16/h1-13H,14-15,25H2,(H,26,28). The number of benzene rings is 3. The first-order chi connectivity index (χ1) is 13.6. The van der Waals surface area contributed by atoms with E-state index in [1.54, 1.807) is 12.1 Å². The van der Waals surface area contributed by atoms with Crippen molar-refractivity contribution in [2.45, 2.75) is 13.1 Å². The second kappa shape index (κ2) is 7.56. The molecule has 140 valence electrons. The normalized spacial score (nSPS) is 10.9. The van der Waals surface area contributed by atoms with Gasteiger partial charge in [-0.2, -0.15) is 0 Å². The first-order valence-electron chi connectivity index (χ1n) is 9.05. The van der Waals surface area contributed by atoms with E-state index in [-0.39, 0.29) is 11.7 Å². The van der Waals surface area contributed by atoms with Gasteiger partial charge in [-0.15, -0.1) is 0 Å². The zero-order chi connectivity index (χ0) is 19.5. The molecular formula is C23H20FN3O. The van der Waals surface area contributed by atoms with Crippen molar-refractivity contribution >= 4 is 22.5 Å². The average molecular weight is 373 g/mol. The summed E-state index contributed by atoms with van der Waals surface area (Å²) in [6, 6.07) is 23.5. The lowest BCUT2D eigenvalue weighted by atomic mass is 10.2. The van der Waals surface area contributed by atoms with Gasteiger partial charge in [-0.3, -0.25) is 4.79 Å². The molecule has 1 amide bonds. The Morgan fingerprint density at radius 2 is 1.71 bits per heavy atom. The molecule has 0 saturated carbocycles. The van der Waals surface area contributed by atoms with E-state index in [2.05, 4.69) is 5.32 Å². The SMILES string of the molecule is Nc1ccc2c(c1)cc(C(=O)NCc1ccccc1)n2Cc1cccc(F)c1. The maximum absolute atomic E-state index is 13.6. The van der Waals surface area contributed by atoms with Gasteiger partial charge in [-0.1, -0.05) is 42.5 Å². The Balaban J connectivity index is 1.68. The Kier molecular flexibility index (Phi) is 4.81. The molecule has 0 fully saturated rings. The van der Waals surface area contributed by atoms with Crippen LogP contribution < -0.4 is 11.1 Å². The molecule has 5 heteroatoms. The van der Waals surface area contributed by atoms with Gasteiger partial charge in [0.05, 0.1) is 0 Å². The number of nitrogens with one attached hydrogen (secondary N) is 1. The fourth-order valence-corrected chi connectivity index (χ4v) is 3.33. The zero-order valence-corrected chi connectivity index (χ0v) is 15.2. The smallest absolute Gasteiger partial charge is 0.268 e. The van der Waals surface area contributed by atoms with Crippen molar-refractivity contribution in [3.63, 3.8) is 0 Å². The fraction of sp³-hybridized carbons (Fsp3) is 0.0870. The Morgan fingerprint density at radius 1 is 0.929 bits per heavy atom. The van der Waals surface area contributed by atoms with Crippen LogP contribution in [0.3, 0.4) is 0 Å². The van der Waals surface area contributed by atoms with Gasteiger partial charge in [0, 0.05) is 29.7 Å². The van der Waals surface area contributed by atoms with Gasteiger partial charge in [0.15, 0.2) is 0 Å². The summed E-state index contributed by atoms with van der Waals surface area (Å²) in [7, 11) is 0. The Bertz CT molecular complexity index is 1140. The number of fused-ring (bicyclic) bond motifs is 1. The number of amides is 1. The van der Waals surface area contributed by atoms with E-state index in [0.717, 1.165) is 22.0 Å². The van der Waals surface area contributed by atoms with Gasteiger partial charge < -0.3 is 15.6 Å². The van der Waals surface area contributed by atoms with Gasteiger partial charge in [0.2, 0.25) is 0 Å².